The van der Waals surface area contributed by atoms with Gasteiger partial charge in [0.25, 0.3) is 0 Å². The quantitative estimate of drug-likeness (QED) is 0.819. The van der Waals surface area contributed by atoms with Gasteiger partial charge in [0.05, 0.1) is 0 Å². The van der Waals surface area contributed by atoms with E-state index in [1.807, 2.05) is 12.1 Å². The highest BCUT2D eigenvalue weighted by Gasteiger charge is 2.22. The standard InChI is InChI=1S/C20H26O/c1-19(2,3)17-8-6-7-15(13-17)14-20(4,5)16-9-11-18(21)12-10-16/h6-13,21H,14H2,1-5H3. The van der Waals surface area contributed by atoms with Crippen LogP contribution < -0.4 is 0 Å². The first kappa shape index (κ1) is 15.6. The number of benzene rings is 2. The zero-order chi connectivity index (χ0) is 15.7. The molecule has 0 aliphatic rings. The Balaban J connectivity index is 2.26. The summed E-state index contributed by atoms with van der Waals surface area (Å²) >= 11 is 0. The molecule has 0 aromatic heterocycles. The summed E-state index contributed by atoms with van der Waals surface area (Å²) in [5.74, 6) is 0.323. The number of rotatable bonds is 3. The van der Waals surface area contributed by atoms with E-state index >= 15 is 0 Å². The van der Waals surface area contributed by atoms with Crippen molar-refractivity contribution in [1.29, 1.82) is 0 Å². The van der Waals surface area contributed by atoms with Crippen molar-refractivity contribution in [2.24, 2.45) is 0 Å². The van der Waals surface area contributed by atoms with Gasteiger partial charge < -0.3 is 5.11 Å². The van der Waals surface area contributed by atoms with E-state index in [9.17, 15) is 5.11 Å². The van der Waals surface area contributed by atoms with Crippen LogP contribution >= 0.6 is 0 Å². The van der Waals surface area contributed by atoms with E-state index in [-0.39, 0.29) is 10.8 Å². The van der Waals surface area contributed by atoms with Crippen LogP contribution in [0.1, 0.15) is 51.3 Å². The van der Waals surface area contributed by atoms with Gasteiger partial charge in [-0.15, -0.1) is 0 Å². The van der Waals surface area contributed by atoms with Crippen LogP contribution in [0.5, 0.6) is 5.75 Å². The molecule has 1 N–H and O–H groups in total. The Morgan fingerprint density at radius 3 is 2.00 bits per heavy atom. The molecule has 0 spiro atoms. The highest BCUT2D eigenvalue weighted by Crippen LogP contribution is 2.30. The topological polar surface area (TPSA) is 20.2 Å². The van der Waals surface area contributed by atoms with Crippen LogP contribution in [-0.4, -0.2) is 5.11 Å². The predicted molar refractivity (Wildman–Crippen MR) is 90.0 cm³/mol. The fraction of sp³-hybridized carbons (Fsp3) is 0.400. The van der Waals surface area contributed by atoms with Crippen molar-refractivity contribution in [3.8, 4) is 5.75 Å². The molecule has 1 heteroatoms. The average Bonchev–Trinajstić information content (AvgIpc) is 2.38. The van der Waals surface area contributed by atoms with Gasteiger partial charge in [-0.1, -0.05) is 71.0 Å². The average molecular weight is 282 g/mol. The highest BCUT2D eigenvalue weighted by molar-refractivity contribution is 5.34. The van der Waals surface area contributed by atoms with E-state index in [2.05, 4.69) is 58.9 Å². The van der Waals surface area contributed by atoms with Crippen molar-refractivity contribution in [1.82, 2.24) is 0 Å². The molecular formula is C20H26O. The maximum atomic E-state index is 9.44. The predicted octanol–water partition coefficient (Wildman–Crippen LogP) is 5.21. The van der Waals surface area contributed by atoms with Crippen LogP contribution in [0.25, 0.3) is 0 Å². The lowest BCUT2D eigenvalue weighted by Gasteiger charge is -2.27. The van der Waals surface area contributed by atoms with Gasteiger partial charge in [0.1, 0.15) is 5.75 Å². The van der Waals surface area contributed by atoms with Crippen molar-refractivity contribution in [2.45, 2.75) is 51.9 Å². The first-order valence-electron chi connectivity index (χ1n) is 7.57. The Hall–Kier alpha value is -1.76. The number of phenolic OH excluding ortho intramolecular Hbond substituents is 1. The summed E-state index contributed by atoms with van der Waals surface area (Å²) in [6.07, 6.45) is 0.988. The van der Waals surface area contributed by atoms with E-state index in [1.165, 1.54) is 16.7 Å². The zero-order valence-corrected chi connectivity index (χ0v) is 13.8. The summed E-state index contributed by atoms with van der Waals surface area (Å²) in [4.78, 5) is 0. The molecule has 2 aromatic rings. The number of hydrogen-bond acceptors (Lipinski definition) is 1. The van der Waals surface area contributed by atoms with Gasteiger partial charge in [0, 0.05) is 0 Å². The minimum absolute atomic E-state index is 0.0458. The van der Waals surface area contributed by atoms with E-state index in [4.69, 9.17) is 0 Å². The van der Waals surface area contributed by atoms with Gasteiger partial charge in [0.15, 0.2) is 0 Å². The summed E-state index contributed by atoms with van der Waals surface area (Å²) in [5, 5.41) is 9.44. The SMILES string of the molecule is CC(C)(C)c1cccc(CC(C)(C)c2ccc(O)cc2)c1. The second kappa shape index (κ2) is 5.55. The normalized spacial score (nSPS) is 12.4. The Morgan fingerprint density at radius 1 is 0.810 bits per heavy atom. The lowest BCUT2D eigenvalue weighted by molar-refractivity contribution is 0.472. The first-order chi connectivity index (χ1) is 9.68. The molecule has 0 aliphatic heterocycles. The largest absolute Gasteiger partial charge is 0.508 e. The minimum atomic E-state index is 0.0458. The van der Waals surface area contributed by atoms with Gasteiger partial charge >= 0.3 is 0 Å². The van der Waals surface area contributed by atoms with Crippen molar-refractivity contribution in [3.05, 3.63) is 65.2 Å². The molecule has 21 heavy (non-hydrogen) atoms. The lowest BCUT2D eigenvalue weighted by atomic mass is 9.78. The van der Waals surface area contributed by atoms with Gasteiger partial charge in [-0.05, 0) is 46.1 Å². The van der Waals surface area contributed by atoms with Crippen molar-refractivity contribution in [3.63, 3.8) is 0 Å². The van der Waals surface area contributed by atoms with Crippen LogP contribution in [0.4, 0.5) is 0 Å². The maximum Gasteiger partial charge on any atom is 0.115 e. The van der Waals surface area contributed by atoms with E-state index in [1.54, 1.807) is 12.1 Å². The molecule has 0 amide bonds. The second-order valence-corrected chi connectivity index (χ2v) is 7.56. The molecule has 0 heterocycles. The summed E-state index contributed by atoms with van der Waals surface area (Å²) < 4.78 is 0. The van der Waals surface area contributed by atoms with Crippen molar-refractivity contribution in [2.75, 3.05) is 0 Å². The van der Waals surface area contributed by atoms with Gasteiger partial charge in [-0.3, -0.25) is 0 Å². The van der Waals surface area contributed by atoms with Crippen molar-refractivity contribution < 1.29 is 5.11 Å². The first-order valence-corrected chi connectivity index (χ1v) is 7.57. The lowest BCUT2D eigenvalue weighted by Crippen LogP contribution is -2.21. The molecule has 112 valence electrons. The summed E-state index contributed by atoms with van der Waals surface area (Å²) in [6.45, 7) is 11.2. The molecule has 0 atom stereocenters. The van der Waals surface area contributed by atoms with Crippen LogP contribution in [0.3, 0.4) is 0 Å². The maximum absolute atomic E-state index is 9.44. The molecule has 0 aliphatic carbocycles. The van der Waals surface area contributed by atoms with Crippen LogP contribution in [0.15, 0.2) is 48.5 Å². The molecule has 0 bridgehead atoms. The zero-order valence-electron chi connectivity index (χ0n) is 13.8. The smallest absolute Gasteiger partial charge is 0.115 e. The Labute approximate surface area is 128 Å². The van der Waals surface area contributed by atoms with Crippen molar-refractivity contribution >= 4 is 0 Å². The van der Waals surface area contributed by atoms with Crippen LogP contribution in [0, 0.1) is 0 Å². The van der Waals surface area contributed by atoms with Crippen LogP contribution in [-0.2, 0) is 17.3 Å². The number of phenols is 1. The molecule has 0 saturated carbocycles. The third-order valence-corrected chi connectivity index (χ3v) is 4.09. The van der Waals surface area contributed by atoms with Gasteiger partial charge in [-0.25, -0.2) is 0 Å². The van der Waals surface area contributed by atoms with E-state index in [0.29, 0.717) is 5.75 Å². The fourth-order valence-corrected chi connectivity index (χ4v) is 2.67. The van der Waals surface area contributed by atoms with Gasteiger partial charge in [0.2, 0.25) is 0 Å². The highest BCUT2D eigenvalue weighted by atomic mass is 16.3. The third kappa shape index (κ3) is 3.87. The third-order valence-electron chi connectivity index (χ3n) is 4.09. The molecule has 2 aromatic carbocycles. The molecular weight excluding hydrogens is 256 g/mol. The molecule has 0 unspecified atom stereocenters. The Morgan fingerprint density at radius 2 is 1.43 bits per heavy atom. The molecule has 2 rings (SSSR count). The summed E-state index contributed by atoms with van der Waals surface area (Å²) in [7, 11) is 0. The minimum Gasteiger partial charge on any atom is -0.508 e. The fourth-order valence-electron chi connectivity index (χ4n) is 2.67. The number of hydrogen-bond donors (Lipinski definition) is 1. The molecule has 0 fully saturated rings. The molecule has 0 radical (unpaired) electrons. The molecule has 1 nitrogen and oxygen atoms in total. The summed E-state index contributed by atoms with van der Waals surface area (Å²) in [6, 6.07) is 16.5. The Bertz CT molecular complexity index is 600. The monoisotopic (exact) mass is 282 g/mol. The van der Waals surface area contributed by atoms with Gasteiger partial charge in [-0.2, -0.15) is 0 Å². The second-order valence-electron chi connectivity index (χ2n) is 7.56. The van der Waals surface area contributed by atoms with E-state index in [0.717, 1.165) is 6.42 Å². The van der Waals surface area contributed by atoms with Crippen LogP contribution in [0.2, 0.25) is 0 Å². The Kier molecular flexibility index (Phi) is 4.13. The molecule has 0 saturated heterocycles. The summed E-state index contributed by atoms with van der Waals surface area (Å²) in [5.41, 5.74) is 4.21. The number of aromatic hydroxyl groups is 1. The van der Waals surface area contributed by atoms with E-state index < -0.39 is 0 Å².